The van der Waals surface area contributed by atoms with Crippen LogP contribution in [0.15, 0.2) is 4.52 Å². The minimum absolute atomic E-state index is 0.121. The third-order valence-corrected chi connectivity index (χ3v) is 3.71. The number of nitrogens with zero attached hydrogens (tertiary/aromatic N) is 1. The van der Waals surface area contributed by atoms with Crippen LogP contribution < -0.4 is 5.32 Å². The lowest BCUT2D eigenvalue weighted by Crippen LogP contribution is -2.29. The minimum Gasteiger partial charge on any atom is -0.393 e. The molecule has 0 aliphatic heterocycles. The third-order valence-electron chi connectivity index (χ3n) is 3.71. The zero-order chi connectivity index (χ0) is 14.0. The third kappa shape index (κ3) is 3.15. The topological polar surface area (TPSA) is 75.4 Å². The van der Waals surface area contributed by atoms with Gasteiger partial charge in [0.1, 0.15) is 5.56 Å². The molecule has 1 aliphatic rings. The highest BCUT2D eigenvalue weighted by Gasteiger charge is 2.26. The van der Waals surface area contributed by atoms with Crippen LogP contribution in [-0.2, 0) is 0 Å². The molecule has 1 heterocycles. The summed E-state index contributed by atoms with van der Waals surface area (Å²) in [6.07, 6.45) is 2.39. The van der Waals surface area contributed by atoms with Crippen molar-refractivity contribution >= 4 is 5.91 Å². The van der Waals surface area contributed by atoms with Gasteiger partial charge in [-0.15, -0.1) is 0 Å². The average Bonchev–Trinajstić information content (AvgIpc) is 2.92. The highest BCUT2D eigenvalue weighted by molar-refractivity contribution is 5.96. The summed E-state index contributed by atoms with van der Waals surface area (Å²) in [5, 5.41) is 16.3. The van der Waals surface area contributed by atoms with E-state index in [1.807, 2.05) is 13.8 Å². The fourth-order valence-corrected chi connectivity index (χ4v) is 2.62. The Hall–Kier alpha value is -1.36. The lowest BCUT2D eigenvalue weighted by atomic mass is 10.0. The number of amides is 1. The number of hydrogen-bond donors (Lipinski definition) is 2. The zero-order valence-corrected chi connectivity index (χ0v) is 11.8. The maximum absolute atomic E-state index is 12.2. The van der Waals surface area contributed by atoms with E-state index in [0.29, 0.717) is 29.5 Å². The molecule has 5 nitrogen and oxygen atoms in total. The van der Waals surface area contributed by atoms with Gasteiger partial charge in [-0.1, -0.05) is 19.0 Å². The van der Waals surface area contributed by atoms with Gasteiger partial charge in [0.2, 0.25) is 0 Å². The van der Waals surface area contributed by atoms with Gasteiger partial charge >= 0.3 is 0 Å². The fourth-order valence-electron chi connectivity index (χ4n) is 2.62. The van der Waals surface area contributed by atoms with Gasteiger partial charge in [-0.25, -0.2) is 0 Å². The first kappa shape index (κ1) is 14.1. The standard InChI is InChI=1S/C14H22N2O3/c1-8(2)13-12(9(3)16-19-13)14(18)15-7-10-4-5-11(17)6-10/h8,10-11,17H,4-7H2,1-3H3,(H,15,18). The van der Waals surface area contributed by atoms with Crippen LogP contribution >= 0.6 is 0 Å². The molecule has 19 heavy (non-hydrogen) atoms. The summed E-state index contributed by atoms with van der Waals surface area (Å²) in [6.45, 7) is 6.34. The Morgan fingerprint density at radius 2 is 2.26 bits per heavy atom. The van der Waals surface area contributed by atoms with Crippen molar-refractivity contribution in [3.05, 3.63) is 17.0 Å². The van der Waals surface area contributed by atoms with Gasteiger partial charge in [-0.2, -0.15) is 0 Å². The molecular weight excluding hydrogens is 244 g/mol. The van der Waals surface area contributed by atoms with Crippen molar-refractivity contribution < 1.29 is 14.4 Å². The highest BCUT2D eigenvalue weighted by atomic mass is 16.5. The number of aliphatic hydroxyl groups excluding tert-OH is 1. The molecule has 1 aromatic heterocycles. The SMILES string of the molecule is Cc1noc(C(C)C)c1C(=O)NCC1CCC(O)C1. The first-order valence-electron chi connectivity index (χ1n) is 6.91. The Bertz CT molecular complexity index is 454. The highest BCUT2D eigenvalue weighted by Crippen LogP contribution is 2.25. The number of aryl methyl sites for hydroxylation is 1. The van der Waals surface area contributed by atoms with E-state index >= 15 is 0 Å². The molecule has 106 valence electrons. The van der Waals surface area contributed by atoms with E-state index in [9.17, 15) is 9.90 Å². The Morgan fingerprint density at radius 1 is 1.53 bits per heavy atom. The molecular formula is C14H22N2O3. The van der Waals surface area contributed by atoms with Crippen LogP contribution in [0.5, 0.6) is 0 Å². The molecule has 1 fully saturated rings. The average molecular weight is 266 g/mol. The van der Waals surface area contributed by atoms with Crippen molar-refractivity contribution in [2.75, 3.05) is 6.54 Å². The number of carbonyl (C=O) groups is 1. The normalized spacial score (nSPS) is 23.0. The molecule has 0 bridgehead atoms. The summed E-state index contributed by atoms with van der Waals surface area (Å²) in [5.74, 6) is 1.03. The molecule has 0 saturated heterocycles. The lowest BCUT2D eigenvalue weighted by Gasteiger charge is -2.11. The van der Waals surface area contributed by atoms with Gasteiger partial charge in [-0.3, -0.25) is 4.79 Å². The monoisotopic (exact) mass is 266 g/mol. The number of hydrogen-bond acceptors (Lipinski definition) is 4. The summed E-state index contributed by atoms with van der Waals surface area (Å²) in [5.41, 5.74) is 1.20. The predicted octanol–water partition coefficient (Wildman–Crippen LogP) is 2.00. The van der Waals surface area contributed by atoms with Crippen molar-refractivity contribution in [3.63, 3.8) is 0 Å². The van der Waals surface area contributed by atoms with E-state index in [4.69, 9.17) is 4.52 Å². The van der Waals surface area contributed by atoms with Crippen molar-refractivity contribution in [3.8, 4) is 0 Å². The molecule has 5 heteroatoms. The van der Waals surface area contributed by atoms with E-state index in [1.165, 1.54) is 0 Å². The van der Waals surface area contributed by atoms with Crippen LogP contribution in [-0.4, -0.2) is 28.8 Å². The smallest absolute Gasteiger partial charge is 0.256 e. The maximum atomic E-state index is 12.2. The van der Waals surface area contributed by atoms with Crippen LogP contribution in [0.1, 0.15) is 60.8 Å². The van der Waals surface area contributed by atoms with Gasteiger partial charge in [0, 0.05) is 12.5 Å². The zero-order valence-electron chi connectivity index (χ0n) is 11.8. The Kier molecular flexibility index (Phi) is 4.24. The first-order chi connectivity index (χ1) is 8.99. The Balaban J connectivity index is 1.98. The molecule has 2 unspecified atom stereocenters. The summed E-state index contributed by atoms with van der Waals surface area (Å²) in [4.78, 5) is 12.2. The molecule has 1 saturated carbocycles. The number of nitrogens with one attached hydrogen (secondary N) is 1. The molecule has 1 amide bonds. The molecule has 0 radical (unpaired) electrons. The van der Waals surface area contributed by atoms with Gasteiger partial charge in [-0.05, 0) is 32.1 Å². The van der Waals surface area contributed by atoms with Crippen LogP contribution in [0.25, 0.3) is 0 Å². The second-order valence-electron chi connectivity index (χ2n) is 5.70. The summed E-state index contributed by atoms with van der Waals surface area (Å²) >= 11 is 0. The van der Waals surface area contributed by atoms with Crippen molar-refractivity contribution in [2.24, 2.45) is 5.92 Å². The number of rotatable bonds is 4. The number of carbonyl (C=O) groups excluding carboxylic acids is 1. The van der Waals surface area contributed by atoms with E-state index in [2.05, 4.69) is 10.5 Å². The molecule has 2 N–H and O–H groups in total. The molecule has 1 aromatic rings. The molecule has 1 aliphatic carbocycles. The van der Waals surface area contributed by atoms with E-state index < -0.39 is 0 Å². The van der Waals surface area contributed by atoms with Crippen LogP contribution in [0.2, 0.25) is 0 Å². The van der Waals surface area contributed by atoms with Crippen LogP contribution in [0.4, 0.5) is 0 Å². The number of aliphatic hydroxyl groups is 1. The second-order valence-corrected chi connectivity index (χ2v) is 5.70. The lowest BCUT2D eigenvalue weighted by molar-refractivity contribution is 0.0942. The van der Waals surface area contributed by atoms with Crippen molar-refractivity contribution in [1.82, 2.24) is 10.5 Å². The fraction of sp³-hybridized carbons (Fsp3) is 0.714. The minimum atomic E-state index is -0.203. The van der Waals surface area contributed by atoms with Crippen molar-refractivity contribution in [1.29, 1.82) is 0 Å². The molecule has 2 rings (SSSR count). The summed E-state index contributed by atoms with van der Waals surface area (Å²) < 4.78 is 5.22. The summed E-state index contributed by atoms with van der Waals surface area (Å²) in [6, 6.07) is 0. The second kappa shape index (κ2) is 5.74. The first-order valence-corrected chi connectivity index (χ1v) is 6.91. The van der Waals surface area contributed by atoms with E-state index in [-0.39, 0.29) is 17.9 Å². The molecule has 0 aromatic carbocycles. The van der Waals surface area contributed by atoms with E-state index in [0.717, 1.165) is 19.3 Å². The predicted molar refractivity (Wildman–Crippen MR) is 71.0 cm³/mol. The summed E-state index contributed by atoms with van der Waals surface area (Å²) in [7, 11) is 0. The Labute approximate surface area is 113 Å². The van der Waals surface area contributed by atoms with Gasteiger partial charge in [0.05, 0.1) is 11.8 Å². The van der Waals surface area contributed by atoms with Crippen LogP contribution in [0, 0.1) is 12.8 Å². The number of aromatic nitrogens is 1. The largest absolute Gasteiger partial charge is 0.393 e. The van der Waals surface area contributed by atoms with Crippen LogP contribution in [0.3, 0.4) is 0 Å². The van der Waals surface area contributed by atoms with Gasteiger partial charge < -0.3 is 14.9 Å². The van der Waals surface area contributed by atoms with Gasteiger partial charge in [0.15, 0.2) is 5.76 Å². The molecule has 2 atom stereocenters. The maximum Gasteiger partial charge on any atom is 0.256 e. The van der Waals surface area contributed by atoms with Gasteiger partial charge in [0.25, 0.3) is 5.91 Å². The Morgan fingerprint density at radius 3 is 2.84 bits per heavy atom. The quantitative estimate of drug-likeness (QED) is 0.874. The van der Waals surface area contributed by atoms with Crippen molar-refractivity contribution in [2.45, 2.75) is 52.1 Å². The molecule has 0 spiro atoms. The van der Waals surface area contributed by atoms with E-state index in [1.54, 1.807) is 6.92 Å².